The molecule has 2 N–H and O–H groups in total. The fourth-order valence-corrected chi connectivity index (χ4v) is 2.11. The Morgan fingerprint density at radius 2 is 2.22 bits per heavy atom. The highest BCUT2D eigenvalue weighted by Gasteiger charge is 2.26. The van der Waals surface area contributed by atoms with Crippen LogP contribution < -0.4 is 5.43 Å². The Morgan fingerprint density at radius 1 is 1.50 bits per heavy atom. The smallest absolute Gasteiger partial charge is 0.268 e. The highest BCUT2D eigenvalue weighted by Crippen LogP contribution is 2.23. The Balaban J connectivity index is 2.46. The van der Waals surface area contributed by atoms with Gasteiger partial charge in [-0.3, -0.25) is 4.79 Å². The van der Waals surface area contributed by atoms with Crippen LogP contribution in [0.1, 0.15) is 18.1 Å². The van der Waals surface area contributed by atoms with E-state index in [-0.39, 0.29) is 11.8 Å². The summed E-state index contributed by atoms with van der Waals surface area (Å²) in [5.41, 5.74) is 4.79. The number of hydrogen-bond acceptors (Lipinski definition) is 2. The first-order valence-electron chi connectivity index (χ1n) is 5.53. The summed E-state index contributed by atoms with van der Waals surface area (Å²) >= 11 is 3.40. The van der Waals surface area contributed by atoms with Crippen molar-refractivity contribution in [1.29, 1.82) is 0 Å². The van der Waals surface area contributed by atoms with E-state index in [1.807, 2.05) is 25.1 Å². The second kappa shape index (κ2) is 4.94. The SMILES string of the molecule is Cc1ccc(Br)cc1/C=C1/C(=O)NN=C(O)C1C. The third-order valence-corrected chi connectivity index (χ3v) is 3.43. The van der Waals surface area contributed by atoms with Crippen molar-refractivity contribution >= 4 is 33.8 Å². The van der Waals surface area contributed by atoms with Crippen LogP contribution in [0.5, 0.6) is 0 Å². The Labute approximate surface area is 114 Å². The monoisotopic (exact) mass is 308 g/mol. The van der Waals surface area contributed by atoms with Crippen molar-refractivity contribution in [2.45, 2.75) is 13.8 Å². The van der Waals surface area contributed by atoms with E-state index in [2.05, 4.69) is 26.5 Å². The van der Waals surface area contributed by atoms with Gasteiger partial charge >= 0.3 is 0 Å². The molecule has 0 aliphatic carbocycles. The first kappa shape index (κ1) is 12.8. The van der Waals surface area contributed by atoms with E-state index in [1.54, 1.807) is 13.0 Å². The van der Waals surface area contributed by atoms with Crippen LogP contribution in [0.4, 0.5) is 0 Å². The molecule has 18 heavy (non-hydrogen) atoms. The summed E-state index contributed by atoms with van der Waals surface area (Å²) in [6.07, 6.45) is 1.78. The van der Waals surface area contributed by atoms with Gasteiger partial charge in [0.2, 0.25) is 5.90 Å². The van der Waals surface area contributed by atoms with Crippen molar-refractivity contribution in [2.24, 2.45) is 11.0 Å². The number of hydrazone groups is 1. The molecule has 1 aliphatic heterocycles. The minimum atomic E-state index is -0.392. The van der Waals surface area contributed by atoms with Crippen molar-refractivity contribution in [3.05, 3.63) is 39.4 Å². The van der Waals surface area contributed by atoms with Crippen LogP contribution in [0, 0.1) is 12.8 Å². The number of halogens is 1. The average molecular weight is 309 g/mol. The third-order valence-electron chi connectivity index (χ3n) is 2.94. The summed E-state index contributed by atoms with van der Waals surface area (Å²) in [5, 5.41) is 13.1. The lowest BCUT2D eigenvalue weighted by Crippen LogP contribution is -2.34. The first-order chi connectivity index (χ1) is 8.49. The number of nitrogens with one attached hydrogen (secondary N) is 1. The van der Waals surface area contributed by atoms with Gasteiger partial charge in [0, 0.05) is 10.0 Å². The molecule has 0 bridgehead atoms. The number of rotatable bonds is 1. The molecule has 0 saturated carbocycles. The van der Waals surface area contributed by atoms with Crippen LogP contribution >= 0.6 is 15.9 Å². The molecule has 0 saturated heterocycles. The number of aryl methyl sites for hydroxylation is 1. The molecule has 1 unspecified atom stereocenters. The van der Waals surface area contributed by atoms with Gasteiger partial charge in [0.15, 0.2) is 0 Å². The topological polar surface area (TPSA) is 61.7 Å². The first-order valence-corrected chi connectivity index (χ1v) is 6.33. The fraction of sp³-hybridized carbons (Fsp3) is 0.231. The van der Waals surface area contributed by atoms with Gasteiger partial charge in [0.25, 0.3) is 5.91 Å². The van der Waals surface area contributed by atoms with E-state index < -0.39 is 5.92 Å². The third kappa shape index (κ3) is 2.46. The molecule has 94 valence electrons. The molecule has 0 radical (unpaired) electrons. The maximum Gasteiger partial charge on any atom is 0.268 e. The summed E-state index contributed by atoms with van der Waals surface area (Å²) < 4.78 is 0.946. The van der Waals surface area contributed by atoms with Crippen LogP contribution in [0.25, 0.3) is 6.08 Å². The summed E-state index contributed by atoms with van der Waals surface area (Å²) in [5.74, 6) is -0.745. The number of hydrogen-bond donors (Lipinski definition) is 2. The molecule has 0 spiro atoms. The van der Waals surface area contributed by atoms with E-state index in [4.69, 9.17) is 0 Å². The summed E-state index contributed by atoms with van der Waals surface area (Å²) in [6, 6.07) is 5.85. The standard InChI is InChI=1S/C13H13BrN2O2/c1-7-3-4-10(14)5-9(7)6-11-8(2)12(17)15-16-13(11)18/h3-6,8H,1-2H3,(H,15,17)(H,16,18)/b11-6+. The molecular weight excluding hydrogens is 296 g/mol. The number of aliphatic hydroxyl groups is 1. The number of amides is 1. The van der Waals surface area contributed by atoms with E-state index in [1.165, 1.54) is 0 Å². The molecule has 5 heteroatoms. The minimum Gasteiger partial charge on any atom is -0.495 e. The molecule has 1 atom stereocenters. The highest BCUT2D eigenvalue weighted by atomic mass is 79.9. The predicted molar refractivity (Wildman–Crippen MR) is 74.2 cm³/mol. The van der Waals surface area contributed by atoms with Crippen molar-refractivity contribution < 1.29 is 9.90 Å². The normalized spacial score (nSPS) is 21.7. The Morgan fingerprint density at radius 3 is 2.94 bits per heavy atom. The zero-order chi connectivity index (χ0) is 13.3. The average Bonchev–Trinajstić information content (AvgIpc) is 2.34. The lowest BCUT2D eigenvalue weighted by molar-refractivity contribution is -0.118. The van der Waals surface area contributed by atoms with Crippen molar-refractivity contribution in [3.8, 4) is 0 Å². The van der Waals surface area contributed by atoms with Crippen LogP contribution in [0.3, 0.4) is 0 Å². The number of carbonyl (C=O) groups excluding carboxylic acids is 1. The lowest BCUT2D eigenvalue weighted by atomic mass is 9.95. The van der Waals surface area contributed by atoms with Gasteiger partial charge < -0.3 is 5.11 Å². The van der Waals surface area contributed by atoms with Crippen molar-refractivity contribution in [3.63, 3.8) is 0 Å². The second-order valence-corrected chi connectivity index (χ2v) is 5.15. The van der Waals surface area contributed by atoms with E-state index in [0.29, 0.717) is 5.57 Å². The Kier molecular flexibility index (Phi) is 3.52. The van der Waals surface area contributed by atoms with Crippen LogP contribution in [-0.4, -0.2) is 16.9 Å². The second-order valence-electron chi connectivity index (χ2n) is 4.23. The van der Waals surface area contributed by atoms with Crippen molar-refractivity contribution in [2.75, 3.05) is 0 Å². The molecule has 0 fully saturated rings. The largest absolute Gasteiger partial charge is 0.495 e. The molecule has 1 amide bonds. The van der Waals surface area contributed by atoms with Crippen LogP contribution in [0.15, 0.2) is 33.3 Å². The Hall–Kier alpha value is -1.62. The minimum absolute atomic E-state index is 0.0755. The summed E-state index contributed by atoms with van der Waals surface area (Å²) in [6.45, 7) is 3.72. The number of carbonyl (C=O) groups is 1. The van der Waals surface area contributed by atoms with Gasteiger partial charge in [-0.25, -0.2) is 5.43 Å². The van der Waals surface area contributed by atoms with Crippen LogP contribution in [-0.2, 0) is 4.79 Å². The molecule has 1 aromatic rings. The number of aliphatic hydroxyl groups excluding tert-OH is 1. The highest BCUT2D eigenvalue weighted by molar-refractivity contribution is 9.10. The quantitative estimate of drug-likeness (QED) is 0.784. The lowest BCUT2D eigenvalue weighted by Gasteiger charge is -2.18. The maximum absolute atomic E-state index is 11.7. The Bertz CT molecular complexity index is 564. The molecule has 1 heterocycles. The molecule has 4 nitrogen and oxygen atoms in total. The van der Waals surface area contributed by atoms with Gasteiger partial charge in [-0.2, -0.15) is 0 Å². The van der Waals surface area contributed by atoms with Crippen LogP contribution in [0.2, 0.25) is 0 Å². The molecular formula is C13H13BrN2O2. The zero-order valence-electron chi connectivity index (χ0n) is 10.1. The van der Waals surface area contributed by atoms with Crippen molar-refractivity contribution in [1.82, 2.24) is 5.43 Å². The van der Waals surface area contributed by atoms with Gasteiger partial charge in [-0.1, -0.05) is 22.0 Å². The zero-order valence-corrected chi connectivity index (χ0v) is 11.7. The molecule has 1 aliphatic rings. The molecule has 0 aromatic heterocycles. The van der Waals surface area contributed by atoms with E-state index >= 15 is 0 Å². The van der Waals surface area contributed by atoms with Gasteiger partial charge in [-0.05, 0) is 43.2 Å². The molecule has 1 aromatic carbocycles. The summed E-state index contributed by atoms with van der Waals surface area (Å²) in [4.78, 5) is 11.7. The number of benzene rings is 1. The van der Waals surface area contributed by atoms with E-state index in [0.717, 1.165) is 15.6 Å². The van der Waals surface area contributed by atoms with Gasteiger partial charge in [-0.15, -0.1) is 5.10 Å². The predicted octanol–water partition coefficient (Wildman–Crippen LogP) is 2.78. The maximum atomic E-state index is 11.7. The van der Waals surface area contributed by atoms with Gasteiger partial charge in [0.05, 0.1) is 5.92 Å². The van der Waals surface area contributed by atoms with E-state index in [9.17, 15) is 9.90 Å². The molecule has 2 rings (SSSR count). The summed E-state index contributed by atoms with van der Waals surface area (Å²) in [7, 11) is 0. The number of nitrogens with zero attached hydrogens (tertiary/aromatic N) is 1. The fourth-order valence-electron chi connectivity index (χ4n) is 1.73. The van der Waals surface area contributed by atoms with Gasteiger partial charge in [0.1, 0.15) is 0 Å².